The first-order chi connectivity index (χ1) is 21.2. The molecule has 1 aliphatic heterocycles. The van der Waals surface area contributed by atoms with Crippen molar-refractivity contribution in [2.24, 2.45) is 0 Å². The van der Waals surface area contributed by atoms with Crippen LogP contribution in [0.5, 0.6) is 0 Å². The van der Waals surface area contributed by atoms with Crippen LogP contribution in [0.2, 0.25) is 0 Å². The molecule has 1 aliphatic carbocycles. The third-order valence-electron chi connectivity index (χ3n) is 8.78. The molecule has 2 atom stereocenters. The average Bonchev–Trinajstić information content (AvgIpc) is 3.51. The van der Waals surface area contributed by atoms with Crippen molar-refractivity contribution in [3.8, 4) is 0 Å². The van der Waals surface area contributed by atoms with Crippen LogP contribution in [0.4, 0.5) is 4.79 Å². The van der Waals surface area contributed by atoms with Crippen molar-refractivity contribution in [3.05, 3.63) is 149 Å². The van der Waals surface area contributed by atoms with Crippen molar-refractivity contribution in [1.82, 2.24) is 4.90 Å². The Balaban J connectivity index is 1.44. The molecule has 0 bridgehead atoms. The molecule has 1 saturated carbocycles. The molecule has 6 rings (SSSR count). The largest absolute Gasteiger partial charge is 0.441 e. The molecule has 0 N–H and O–H groups in total. The first-order valence-electron chi connectivity index (χ1n) is 15.5. The van der Waals surface area contributed by atoms with Gasteiger partial charge in [-0.2, -0.15) is 0 Å². The summed E-state index contributed by atoms with van der Waals surface area (Å²) < 4.78 is 19.8. The van der Waals surface area contributed by atoms with Crippen LogP contribution in [0.1, 0.15) is 62.8 Å². The van der Waals surface area contributed by atoms with Gasteiger partial charge in [0.1, 0.15) is 17.4 Å². The molecule has 0 aromatic heterocycles. The van der Waals surface area contributed by atoms with Gasteiger partial charge in [0.25, 0.3) is 0 Å². The molecule has 5 heteroatoms. The number of benzene rings is 4. The highest BCUT2D eigenvalue weighted by molar-refractivity contribution is 5.71. The van der Waals surface area contributed by atoms with Gasteiger partial charge in [0.05, 0.1) is 18.2 Å². The Morgan fingerprint density at radius 1 is 0.727 bits per heavy atom. The van der Waals surface area contributed by atoms with Crippen LogP contribution in [-0.2, 0) is 19.8 Å². The second-order valence-corrected chi connectivity index (χ2v) is 12.8. The summed E-state index contributed by atoms with van der Waals surface area (Å²) in [4.78, 5) is 15.6. The monoisotopic (exact) mass is 587 g/mol. The lowest BCUT2D eigenvalue weighted by atomic mass is 9.79. The van der Waals surface area contributed by atoms with Crippen LogP contribution in [-0.4, -0.2) is 41.1 Å². The predicted octanol–water partition coefficient (Wildman–Crippen LogP) is 8.59. The lowest BCUT2D eigenvalue weighted by molar-refractivity contribution is -0.0564. The van der Waals surface area contributed by atoms with Crippen molar-refractivity contribution in [2.45, 2.75) is 69.6 Å². The Hall–Kier alpha value is -4.19. The average molecular weight is 588 g/mol. The summed E-state index contributed by atoms with van der Waals surface area (Å²) in [5, 5.41) is 0. The summed E-state index contributed by atoms with van der Waals surface area (Å²) >= 11 is 0. The highest BCUT2D eigenvalue weighted by atomic mass is 16.6. The number of ether oxygens (including phenoxy) is 3. The van der Waals surface area contributed by atoms with E-state index in [0.29, 0.717) is 19.4 Å². The molecule has 1 amide bonds. The zero-order valence-electron chi connectivity index (χ0n) is 26.0. The van der Waals surface area contributed by atoms with Crippen molar-refractivity contribution in [2.75, 3.05) is 6.61 Å². The maximum Gasteiger partial charge on any atom is 0.413 e. The summed E-state index contributed by atoms with van der Waals surface area (Å²) in [7, 11) is 0. The maximum absolute atomic E-state index is 13.8. The topological polar surface area (TPSA) is 48.0 Å². The number of hydrogen-bond acceptors (Lipinski definition) is 4. The van der Waals surface area contributed by atoms with Crippen molar-refractivity contribution < 1.29 is 19.0 Å². The van der Waals surface area contributed by atoms with Gasteiger partial charge in [0.2, 0.25) is 0 Å². The summed E-state index contributed by atoms with van der Waals surface area (Å²) in [6.07, 6.45) is 2.36. The third-order valence-corrected chi connectivity index (χ3v) is 8.78. The van der Waals surface area contributed by atoms with Crippen molar-refractivity contribution >= 4 is 12.2 Å². The van der Waals surface area contributed by atoms with E-state index in [0.717, 1.165) is 27.8 Å². The third kappa shape index (κ3) is 5.70. The number of hydrogen-bond donors (Lipinski definition) is 0. The van der Waals surface area contributed by atoms with Gasteiger partial charge in [0.15, 0.2) is 0 Å². The molecule has 0 spiro atoms. The minimum atomic E-state index is -0.893. The number of carbonyl (C=O) groups is 1. The first kappa shape index (κ1) is 29.9. The molecule has 226 valence electrons. The Kier molecular flexibility index (Phi) is 8.19. The van der Waals surface area contributed by atoms with Crippen LogP contribution in [0, 0.1) is 0 Å². The quantitative estimate of drug-likeness (QED) is 0.203. The van der Waals surface area contributed by atoms with Gasteiger partial charge in [-0.25, -0.2) is 4.79 Å². The Morgan fingerprint density at radius 3 is 1.64 bits per heavy atom. The maximum atomic E-state index is 13.8. The van der Waals surface area contributed by atoms with E-state index in [1.807, 2.05) is 64.1 Å². The molecule has 0 unspecified atom stereocenters. The molecule has 2 fully saturated rings. The van der Waals surface area contributed by atoms with Crippen LogP contribution >= 0.6 is 0 Å². The number of carbonyl (C=O) groups excluding carboxylic acids is 1. The van der Waals surface area contributed by atoms with E-state index in [4.69, 9.17) is 14.2 Å². The molecular formula is C39H41NO4. The molecule has 4 aromatic rings. The van der Waals surface area contributed by atoms with Crippen molar-refractivity contribution in [1.29, 1.82) is 0 Å². The van der Waals surface area contributed by atoms with Gasteiger partial charge in [-0.05, 0) is 74.4 Å². The van der Waals surface area contributed by atoms with Gasteiger partial charge in [-0.3, -0.25) is 4.90 Å². The van der Waals surface area contributed by atoms with E-state index < -0.39 is 23.0 Å². The van der Waals surface area contributed by atoms with Crippen LogP contribution in [0.15, 0.2) is 127 Å². The predicted molar refractivity (Wildman–Crippen MR) is 174 cm³/mol. The van der Waals surface area contributed by atoms with E-state index in [-0.39, 0.29) is 12.2 Å². The molecule has 44 heavy (non-hydrogen) atoms. The zero-order chi connectivity index (χ0) is 30.8. The number of amides is 1. The molecule has 5 nitrogen and oxygen atoms in total. The summed E-state index contributed by atoms with van der Waals surface area (Å²) in [6, 6.07) is 41.4. The van der Waals surface area contributed by atoms with E-state index >= 15 is 0 Å². The van der Waals surface area contributed by atoms with Gasteiger partial charge < -0.3 is 14.2 Å². The van der Waals surface area contributed by atoms with Crippen LogP contribution in [0.3, 0.4) is 0 Å². The van der Waals surface area contributed by atoms with Gasteiger partial charge in [-0.1, -0.05) is 121 Å². The zero-order valence-corrected chi connectivity index (χ0v) is 26.0. The molecule has 4 aromatic carbocycles. The number of rotatable bonds is 7. The fraction of sp³-hybridized carbons (Fsp3) is 0.308. The lowest BCUT2D eigenvalue weighted by Gasteiger charge is -2.39. The Labute approximate surface area is 261 Å². The first-order valence-corrected chi connectivity index (χ1v) is 15.5. The van der Waals surface area contributed by atoms with Crippen molar-refractivity contribution in [3.63, 3.8) is 0 Å². The van der Waals surface area contributed by atoms with E-state index in [9.17, 15) is 4.79 Å². The fourth-order valence-corrected chi connectivity index (χ4v) is 6.81. The summed E-state index contributed by atoms with van der Waals surface area (Å²) in [6.45, 7) is 8.30. The highest BCUT2D eigenvalue weighted by Crippen LogP contribution is 2.46. The van der Waals surface area contributed by atoms with E-state index in [2.05, 4.69) is 91.0 Å². The normalized spacial score (nSPS) is 21.8. The standard InChI is InChI=1S/C39H41NO4/c1-37(2)28-42-38(3,4)40(37)36(41)43-34-25-26-35(33(34)27-29-17-9-5-10-18-29)44-39(30-19-11-6-12-20-30,31-21-13-7-14-22-31)32-23-15-8-16-24-32/h5-24,27,34-35H,25-26,28H2,1-4H3/b33-27+/t34-,35-/m1/s1. The Bertz CT molecular complexity index is 1470. The molecule has 1 saturated heterocycles. The van der Waals surface area contributed by atoms with Gasteiger partial charge >= 0.3 is 6.09 Å². The van der Waals surface area contributed by atoms with Crippen LogP contribution < -0.4 is 0 Å². The van der Waals surface area contributed by atoms with E-state index in [1.54, 1.807) is 4.90 Å². The smallest absolute Gasteiger partial charge is 0.413 e. The summed E-state index contributed by atoms with van der Waals surface area (Å²) in [5.41, 5.74) is 2.96. The Morgan fingerprint density at radius 2 is 1.18 bits per heavy atom. The van der Waals surface area contributed by atoms with Crippen LogP contribution in [0.25, 0.3) is 6.08 Å². The molecular weight excluding hydrogens is 546 g/mol. The van der Waals surface area contributed by atoms with Gasteiger partial charge in [0, 0.05) is 0 Å². The second-order valence-electron chi connectivity index (χ2n) is 12.8. The minimum absolute atomic E-state index is 0.315. The molecule has 0 radical (unpaired) electrons. The highest BCUT2D eigenvalue weighted by Gasteiger charge is 2.51. The summed E-state index contributed by atoms with van der Waals surface area (Å²) in [5.74, 6) is 0. The second kappa shape index (κ2) is 12.1. The fourth-order valence-electron chi connectivity index (χ4n) is 6.81. The van der Waals surface area contributed by atoms with E-state index in [1.165, 1.54) is 0 Å². The lowest BCUT2D eigenvalue weighted by Crippen LogP contribution is -2.53. The SMILES string of the molecule is CC1(C)COC(C)(C)N1C(=O)O[C@@H]1CC[C@@H](OC(c2ccccc2)(c2ccccc2)c2ccccc2)/C1=C/c1ccccc1. The molecule has 1 heterocycles. The van der Waals surface area contributed by atoms with Gasteiger partial charge in [-0.15, -0.1) is 0 Å². The molecule has 2 aliphatic rings. The number of nitrogens with zero attached hydrogens (tertiary/aromatic N) is 1. The minimum Gasteiger partial charge on any atom is -0.441 e.